The van der Waals surface area contributed by atoms with Crippen LogP contribution >= 0.6 is 22.9 Å². The number of nitrogens with zero attached hydrogens (tertiary/aromatic N) is 1. The van der Waals surface area contributed by atoms with E-state index in [2.05, 4.69) is 18.3 Å². The molecule has 1 heterocycles. The molecule has 1 atom stereocenters. The summed E-state index contributed by atoms with van der Waals surface area (Å²) in [5.41, 5.74) is 0.796. The van der Waals surface area contributed by atoms with Crippen LogP contribution in [0.25, 0.3) is 0 Å². The molecule has 2 aromatic rings. The largest absolute Gasteiger partial charge is 0.305 e. The first kappa shape index (κ1) is 14.0. The van der Waals surface area contributed by atoms with Gasteiger partial charge in [-0.3, -0.25) is 10.1 Å². The van der Waals surface area contributed by atoms with E-state index in [1.807, 2.05) is 11.4 Å². The second-order valence-electron chi connectivity index (χ2n) is 4.16. The average molecular weight is 297 g/mol. The van der Waals surface area contributed by atoms with Crippen molar-refractivity contribution < 1.29 is 4.92 Å². The minimum atomic E-state index is -0.464. The lowest BCUT2D eigenvalue weighted by molar-refractivity contribution is -0.384. The highest BCUT2D eigenvalue weighted by molar-refractivity contribution is 7.10. The zero-order chi connectivity index (χ0) is 13.8. The second-order valence-corrected chi connectivity index (χ2v) is 5.55. The van der Waals surface area contributed by atoms with Crippen molar-refractivity contribution in [1.29, 1.82) is 0 Å². The maximum absolute atomic E-state index is 10.8. The van der Waals surface area contributed by atoms with Crippen LogP contribution in [0, 0.1) is 10.1 Å². The molecule has 0 aliphatic rings. The van der Waals surface area contributed by atoms with E-state index in [0.717, 1.165) is 5.56 Å². The number of rotatable bonds is 5. The zero-order valence-electron chi connectivity index (χ0n) is 10.3. The topological polar surface area (TPSA) is 55.2 Å². The summed E-state index contributed by atoms with van der Waals surface area (Å²) in [5, 5.41) is 16.3. The molecular formula is C13H13ClN2O2S. The first-order valence-corrected chi connectivity index (χ1v) is 7.03. The summed E-state index contributed by atoms with van der Waals surface area (Å²) < 4.78 is 0. The van der Waals surface area contributed by atoms with Gasteiger partial charge in [0.2, 0.25) is 0 Å². The number of hydrogen-bond donors (Lipinski definition) is 1. The summed E-state index contributed by atoms with van der Waals surface area (Å²) in [5.74, 6) is 0. The Morgan fingerprint density at radius 3 is 2.89 bits per heavy atom. The Balaban J connectivity index is 2.04. The van der Waals surface area contributed by atoms with E-state index in [1.54, 1.807) is 23.5 Å². The molecule has 0 spiro atoms. The van der Waals surface area contributed by atoms with E-state index in [-0.39, 0.29) is 16.8 Å². The number of nitro groups is 1. The molecule has 0 fully saturated rings. The molecule has 1 aromatic heterocycles. The Morgan fingerprint density at radius 2 is 2.26 bits per heavy atom. The van der Waals surface area contributed by atoms with E-state index in [0.29, 0.717) is 6.54 Å². The van der Waals surface area contributed by atoms with Gasteiger partial charge in [-0.25, -0.2) is 0 Å². The van der Waals surface area contributed by atoms with Crippen LogP contribution in [0.3, 0.4) is 0 Å². The summed E-state index contributed by atoms with van der Waals surface area (Å²) in [6.45, 7) is 2.63. The predicted molar refractivity (Wildman–Crippen MR) is 77.7 cm³/mol. The van der Waals surface area contributed by atoms with Crippen LogP contribution < -0.4 is 5.32 Å². The molecule has 1 aromatic carbocycles. The minimum absolute atomic E-state index is 0.0512. The normalized spacial score (nSPS) is 12.3. The van der Waals surface area contributed by atoms with E-state index in [1.165, 1.54) is 10.9 Å². The smallest absolute Gasteiger partial charge is 0.288 e. The van der Waals surface area contributed by atoms with Gasteiger partial charge >= 0.3 is 0 Å². The highest BCUT2D eigenvalue weighted by Gasteiger charge is 2.13. The molecule has 4 nitrogen and oxygen atoms in total. The van der Waals surface area contributed by atoms with Gasteiger partial charge < -0.3 is 5.32 Å². The molecule has 0 aliphatic carbocycles. The average Bonchev–Trinajstić information content (AvgIpc) is 2.91. The third-order valence-electron chi connectivity index (χ3n) is 2.79. The Kier molecular flexibility index (Phi) is 4.52. The first-order valence-electron chi connectivity index (χ1n) is 5.77. The molecule has 100 valence electrons. The van der Waals surface area contributed by atoms with Gasteiger partial charge in [0.05, 0.1) is 4.92 Å². The molecule has 6 heteroatoms. The van der Waals surface area contributed by atoms with Gasteiger partial charge in [-0.05, 0) is 30.0 Å². The van der Waals surface area contributed by atoms with Crippen LogP contribution in [-0.2, 0) is 6.54 Å². The van der Waals surface area contributed by atoms with Gasteiger partial charge in [-0.2, -0.15) is 0 Å². The van der Waals surface area contributed by atoms with Crippen molar-refractivity contribution in [1.82, 2.24) is 5.32 Å². The summed E-state index contributed by atoms with van der Waals surface area (Å²) in [6, 6.07) is 9.15. The number of nitrogens with one attached hydrogen (secondary N) is 1. The van der Waals surface area contributed by atoms with Crippen LogP contribution in [0.4, 0.5) is 5.69 Å². The van der Waals surface area contributed by atoms with Gasteiger partial charge in [0.15, 0.2) is 0 Å². The molecule has 19 heavy (non-hydrogen) atoms. The molecule has 0 bridgehead atoms. The number of nitro benzene ring substituents is 1. The maximum Gasteiger partial charge on any atom is 0.288 e. The predicted octanol–water partition coefficient (Wildman–Crippen LogP) is 4.16. The molecule has 2 rings (SSSR count). The number of halogens is 1. The number of hydrogen-bond acceptors (Lipinski definition) is 4. The molecule has 1 N–H and O–H groups in total. The van der Waals surface area contributed by atoms with Crippen LogP contribution in [0.15, 0.2) is 35.7 Å². The fourth-order valence-electron chi connectivity index (χ4n) is 1.72. The van der Waals surface area contributed by atoms with Crippen molar-refractivity contribution in [3.8, 4) is 0 Å². The highest BCUT2D eigenvalue weighted by Crippen LogP contribution is 2.25. The molecule has 0 radical (unpaired) electrons. The zero-order valence-corrected chi connectivity index (χ0v) is 11.9. The fraction of sp³-hybridized carbons (Fsp3) is 0.231. The standard InChI is InChI=1S/C13H13ClN2O2S/c1-9(13-3-2-6-19-13)15-8-10-4-5-11(14)12(7-10)16(17)18/h2-7,9,15H,8H2,1H3/t9-/m1/s1. The van der Waals surface area contributed by atoms with Crippen LogP contribution in [0.1, 0.15) is 23.4 Å². The molecule has 0 aliphatic heterocycles. The fourth-order valence-corrected chi connectivity index (χ4v) is 2.66. The first-order chi connectivity index (χ1) is 9.08. The Morgan fingerprint density at radius 1 is 1.47 bits per heavy atom. The van der Waals surface area contributed by atoms with Crippen LogP contribution in [0.2, 0.25) is 5.02 Å². The van der Waals surface area contributed by atoms with Gasteiger partial charge in [0.1, 0.15) is 5.02 Å². The van der Waals surface area contributed by atoms with Crippen molar-refractivity contribution in [2.75, 3.05) is 0 Å². The van der Waals surface area contributed by atoms with Crippen molar-refractivity contribution in [2.24, 2.45) is 0 Å². The minimum Gasteiger partial charge on any atom is -0.305 e. The van der Waals surface area contributed by atoms with Gasteiger partial charge in [0, 0.05) is 23.5 Å². The monoisotopic (exact) mass is 296 g/mol. The van der Waals surface area contributed by atoms with E-state index >= 15 is 0 Å². The Labute approximate surface area is 120 Å². The van der Waals surface area contributed by atoms with E-state index in [4.69, 9.17) is 11.6 Å². The highest BCUT2D eigenvalue weighted by atomic mass is 35.5. The maximum atomic E-state index is 10.8. The number of thiophene rings is 1. The third kappa shape index (κ3) is 3.53. The number of benzene rings is 1. The Bertz CT molecular complexity index is 572. The van der Waals surface area contributed by atoms with Gasteiger partial charge in [0.25, 0.3) is 5.69 Å². The van der Waals surface area contributed by atoms with Crippen LogP contribution in [0.5, 0.6) is 0 Å². The second kappa shape index (κ2) is 6.14. The third-order valence-corrected chi connectivity index (χ3v) is 4.16. The van der Waals surface area contributed by atoms with Crippen LogP contribution in [-0.4, -0.2) is 4.92 Å². The lowest BCUT2D eigenvalue weighted by atomic mass is 10.2. The lowest BCUT2D eigenvalue weighted by Crippen LogP contribution is -2.17. The summed E-state index contributed by atoms with van der Waals surface area (Å²) in [4.78, 5) is 11.6. The molecule has 0 saturated heterocycles. The molecular weight excluding hydrogens is 284 g/mol. The van der Waals surface area contributed by atoms with Crippen molar-refractivity contribution in [3.63, 3.8) is 0 Å². The lowest BCUT2D eigenvalue weighted by Gasteiger charge is -2.12. The summed E-state index contributed by atoms with van der Waals surface area (Å²) >= 11 is 7.46. The Hall–Kier alpha value is -1.43. The summed E-state index contributed by atoms with van der Waals surface area (Å²) in [7, 11) is 0. The molecule has 0 saturated carbocycles. The van der Waals surface area contributed by atoms with Crippen molar-refractivity contribution in [2.45, 2.75) is 19.5 Å². The van der Waals surface area contributed by atoms with E-state index in [9.17, 15) is 10.1 Å². The van der Waals surface area contributed by atoms with Gasteiger partial charge in [-0.15, -0.1) is 11.3 Å². The summed E-state index contributed by atoms with van der Waals surface area (Å²) in [6.07, 6.45) is 0. The quantitative estimate of drug-likeness (QED) is 0.666. The van der Waals surface area contributed by atoms with E-state index < -0.39 is 4.92 Å². The van der Waals surface area contributed by atoms with Crippen molar-refractivity contribution >= 4 is 28.6 Å². The SMILES string of the molecule is C[C@@H](NCc1ccc(Cl)c([N+](=O)[O-])c1)c1cccs1. The van der Waals surface area contributed by atoms with Gasteiger partial charge in [-0.1, -0.05) is 23.7 Å². The molecule has 0 unspecified atom stereocenters. The van der Waals surface area contributed by atoms with Crippen molar-refractivity contribution in [3.05, 3.63) is 61.3 Å². The molecule has 0 amide bonds.